The molecule has 212 valence electrons. The van der Waals surface area contributed by atoms with E-state index in [1.165, 1.54) is 0 Å². The molecule has 0 aliphatic rings. The number of para-hydroxylation sites is 1. The molecule has 0 aliphatic carbocycles. The molecule has 1 unspecified atom stereocenters. The Morgan fingerprint density at radius 2 is 1.73 bits per heavy atom. The lowest BCUT2D eigenvalue weighted by Crippen LogP contribution is -2.04. The van der Waals surface area contributed by atoms with E-state index >= 15 is 0 Å². The first-order valence-corrected chi connectivity index (χ1v) is 13.3. The van der Waals surface area contributed by atoms with E-state index in [1.807, 2.05) is 66.7 Å². The highest BCUT2D eigenvalue weighted by Crippen LogP contribution is 2.25. The van der Waals surface area contributed by atoms with Gasteiger partial charge in [0.2, 0.25) is 5.82 Å². The molecule has 0 saturated heterocycles. The second-order valence-corrected chi connectivity index (χ2v) is 9.54. The molecule has 9 nitrogen and oxygen atoms in total. The third-order valence-corrected chi connectivity index (χ3v) is 6.54. The zero-order chi connectivity index (χ0) is 29.0. The van der Waals surface area contributed by atoms with E-state index in [4.69, 9.17) is 19.1 Å². The Morgan fingerprint density at radius 1 is 0.976 bits per heavy atom. The van der Waals surface area contributed by atoms with Crippen molar-refractivity contribution in [3.63, 3.8) is 0 Å². The topological polar surface area (TPSA) is 132 Å². The highest BCUT2D eigenvalue weighted by atomic mass is 16.5. The number of hydrogen-bond acceptors (Lipinski definition) is 7. The monoisotopic (exact) mass is 556 g/mol. The molecule has 0 bridgehead atoms. The van der Waals surface area contributed by atoms with Crippen molar-refractivity contribution in [3.8, 4) is 23.0 Å². The first-order chi connectivity index (χ1) is 19.9. The Labute approximate surface area is 238 Å². The van der Waals surface area contributed by atoms with Gasteiger partial charge >= 0.3 is 11.9 Å². The van der Waals surface area contributed by atoms with Crippen molar-refractivity contribution < 1.29 is 33.8 Å². The zero-order valence-corrected chi connectivity index (χ0v) is 22.7. The molecule has 9 heteroatoms. The molecule has 0 saturated carbocycles. The van der Waals surface area contributed by atoms with Crippen LogP contribution >= 0.6 is 0 Å². The number of aliphatic carboxylic acids is 1. The lowest BCUT2D eigenvalue weighted by molar-refractivity contribution is -0.137. The molecule has 1 heterocycles. The van der Waals surface area contributed by atoms with Gasteiger partial charge < -0.3 is 24.2 Å². The van der Waals surface area contributed by atoms with Gasteiger partial charge in [-0.25, -0.2) is 4.79 Å². The number of aromatic carboxylic acids is 1. The van der Waals surface area contributed by atoms with Gasteiger partial charge in [0.1, 0.15) is 11.5 Å². The van der Waals surface area contributed by atoms with Gasteiger partial charge in [0.25, 0.3) is 5.89 Å². The van der Waals surface area contributed by atoms with E-state index in [1.54, 1.807) is 19.2 Å². The predicted octanol–water partition coefficient (Wildman–Crippen LogP) is 6.54. The van der Waals surface area contributed by atoms with Crippen LogP contribution in [0.3, 0.4) is 0 Å². The maximum atomic E-state index is 11.2. The summed E-state index contributed by atoms with van der Waals surface area (Å²) < 4.78 is 16.6. The summed E-state index contributed by atoms with van der Waals surface area (Å²) in [7, 11) is 1.61. The van der Waals surface area contributed by atoms with Crippen molar-refractivity contribution in [2.45, 2.75) is 38.7 Å². The van der Waals surface area contributed by atoms with Crippen molar-refractivity contribution in [2.24, 2.45) is 5.92 Å². The molecule has 4 rings (SSSR count). The Bertz CT molecular complexity index is 1460. The Kier molecular flexibility index (Phi) is 10.3. The summed E-state index contributed by atoms with van der Waals surface area (Å²) in [6.07, 6.45) is 7.10. The summed E-state index contributed by atoms with van der Waals surface area (Å²) >= 11 is 0. The highest BCUT2D eigenvalue weighted by Gasteiger charge is 2.12. The molecular weight excluding hydrogens is 524 g/mol. The van der Waals surface area contributed by atoms with E-state index < -0.39 is 11.9 Å². The minimum absolute atomic E-state index is 0.122. The Balaban J connectivity index is 1.43. The quantitative estimate of drug-likeness (QED) is 0.157. The van der Waals surface area contributed by atoms with E-state index in [9.17, 15) is 14.7 Å². The molecule has 0 radical (unpaired) electrons. The summed E-state index contributed by atoms with van der Waals surface area (Å²) in [5, 5.41) is 22.2. The van der Waals surface area contributed by atoms with Crippen molar-refractivity contribution >= 4 is 18.0 Å². The van der Waals surface area contributed by atoms with E-state index in [0.29, 0.717) is 30.3 Å². The zero-order valence-electron chi connectivity index (χ0n) is 22.7. The van der Waals surface area contributed by atoms with Crippen LogP contribution in [0.1, 0.15) is 53.0 Å². The first kappa shape index (κ1) is 29.1. The van der Waals surface area contributed by atoms with Crippen molar-refractivity contribution in [3.05, 3.63) is 101 Å². The highest BCUT2D eigenvalue weighted by molar-refractivity contribution is 5.87. The molecular formula is C32H32N2O7. The molecule has 0 amide bonds. The third kappa shape index (κ3) is 8.79. The second kappa shape index (κ2) is 14.5. The van der Waals surface area contributed by atoms with Crippen LogP contribution in [0.25, 0.3) is 17.5 Å². The van der Waals surface area contributed by atoms with Crippen LogP contribution in [0.5, 0.6) is 11.5 Å². The van der Waals surface area contributed by atoms with Gasteiger partial charge in [0.05, 0.1) is 12.7 Å². The van der Waals surface area contributed by atoms with Gasteiger partial charge in [0, 0.05) is 17.5 Å². The lowest BCUT2D eigenvalue weighted by atomic mass is 9.92. The van der Waals surface area contributed by atoms with Gasteiger partial charge in [-0.05, 0) is 73.2 Å². The average Bonchev–Trinajstić information content (AvgIpc) is 3.46. The van der Waals surface area contributed by atoms with E-state index in [-0.39, 0.29) is 24.5 Å². The third-order valence-electron chi connectivity index (χ3n) is 6.54. The summed E-state index contributed by atoms with van der Waals surface area (Å²) in [6.45, 7) is 0.124. The molecule has 1 atom stereocenters. The smallest absolute Gasteiger partial charge is 0.335 e. The van der Waals surface area contributed by atoms with Gasteiger partial charge in [-0.3, -0.25) is 4.79 Å². The van der Waals surface area contributed by atoms with Crippen LogP contribution in [0.2, 0.25) is 0 Å². The number of benzene rings is 3. The number of hydrogen-bond donors (Lipinski definition) is 2. The molecule has 2 N–H and O–H groups in total. The van der Waals surface area contributed by atoms with Gasteiger partial charge in [0.15, 0.2) is 6.61 Å². The number of nitrogens with zero attached hydrogens (tertiary/aromatic N) is 2. The minimum Gasteiger partial charge on any atom is -0.497 e. The summed E-state index contributed by atoms with van der Waals surface area (Å²) in [6, 6.07) is 21.8. The first-order valence-electron chi connectivity index (χ1n) is 13.3. The number of rotatable bonds is 15. The number of ether oxygens (including phenoxy) is 2. The van der Waals surface area contributed by atoms with Gasteiger partial charge in [-0.1, -0.05) is 54.1 Å². The predicted molar refractivity (Wildman–Crippen MR) is 153 cm³/mol. The van der Waals surface area contributed by atoms with Gasteiger partial charge in [-0.2, -0.15) is 4.98 Å². The number of unbranched alkanes of at least 4 members (excludes halogenated alkanes) is 1. The van der Waals surface area contributed by atoms with Crippen LogP contribution in [0.4, 0.5) is 0 Å². The fraction of sp³-hybridized carbons (Fsp3) is 0.250. The largest absolute Gasteiger partial charge is 0.497 e. The number of aromatic nitrogens is 2. The Hall–Kier alpha value is -4.92. The van der Waals surface area contributed by atoms with Gasteiger partial charge in [-0.15, -0.1) is 0 Å². The van der Waals surface area contributed by atoms with Crippen molar-refractivity contribution in [1.82, 2.24) is 10.1 Å². The SMILES string of the molecule is COc1ccc(-c2nc(COc3ccccc3C=CC(CCCCC(=O)O)Cc3ccc(C(=O)O)cc3)no2)cc1. The second-order valence-electron chi connectivity index (χ2n) is 9.54. The normalized spacial score (nSPS) is 11.8. The number of allylic oxidation sites excluding steroid dienone is 1. The minimum atomic E-state index is -0.962. The summed E-state index contributed by atoms with van der Waals surface area (Å²) in [5.74, 6) is 0.560. The Morgan fingerprint density at radius 3 is 2.44 bits per heavy atom. The maximum Gasteiger partial charge on any atom is 0.335 e. The van der Waals surface area contributed by atoms with Crippen LogP contribution < -0.4 is 9.47 Å². The number of methoxy groups -OCH3 is 1. The standard InChI is InChI=1S/C32H32N2O7/c1-39-27-18-16-25(17-19-27)31-33-29(34-41-31)21-40-28-8-4-3-7-24(28)13-10-22(6-2-5-9-30(35)36)20-23-11-14-26(15-12-23)32(37)38/h3-4,7-8,10-19,22H,2,5-6,9,20-21H2,1H3,(H,35,36)(H,37,38). The van der Waals surface area contributed by atoms with Crippen LogP contribution in [-0.2, 0) is 17.8 Å². The summed E-state index contributed by atoms with van der Waals surface area (Å²) in [4.78, 5) is 26.6. The van der Waals surface area contributed by atoms with Crippen molar-refractivity contribution in [2.75, 3.05) is 7.11 Å². The maximum absolute atomic E-state index is 11.2. The van der Waals surface area contributed by atoms with Crippen molar-refractivity contribution in [1.29, 1.82) is 0 Å². The molecule has 1 aromatic heterocycles. The van der Waals surface area contributed by atoms with Crippen LogP contribution in [-0.4, -0.2) is 39.4 Å². The molecule has 0 fully saturated rings. The number of carboxylic acids is 2. The average molecular weight is 557 g/mol. The fourth-order valence-electron chi connectivity index (χ4n) is 4.33. The fourth-order valence-corrected chi connectivity index (χ4v) is 4.33. The number of carbonyl (C=O) groups is 2. The van der Waals surface area contributed by atoms with E-state index in [0.717, 1.165) is 35.3 Å². The number of carboxylic acid groups (broad SMARTS) is 2. The molecule has 0 spiro atoms. The molecule has 4 aromatic rings. The van der Waals surface area contributed by atoms with E-state index in [2.05, 4.69) is 16.2 Å². The molecule has 0 aliphatic heterocycles. The molecule has 41 heavy (non-hydrogen) atoms. The lowest BCUT2D eigenvalue weighted by Gasteiger charge is -2.14. The van der Waals surface area contributed by atoms with Crippen LogP contribution in [0, 0.1) is 5.92 Å². The molecule has 3 aromatic carbocycles. The summed E-state index contributed by atoms with van der Waals surface area (Å²) in [5.41, 5.74) is 2.91. The van der Waals surface area contributed by atoms with Crippen LogP contribution in [0.15, 0.2) is 83.4 Å².